The van der Waals surface area contributed by atoms with E-state index in [1.165, 1.54) is 42.1 Å². The average molecular weight is 501 g/mol. The molecular formula is C21H28As2Cl2. The van der Waals surface area contributed by atoms with Crippen LogP contribution < -0.4 is 8.70 Å². The summed E-state index contributed by atoms with van der Waals surface area (Å²) in [5, 5.41) is 1.88. The predicted molar refractivity (Wildman–Crippen MR) is 120 cm³/mol. The monoisotopic (exact) mass is 500 g/mol. The number of benzene rings is 2. The van der Waals surface area contributed by atoms with Gasteiger partial charge in [0.1, 0.15) is 0 Å². The second-order valence-corrected chi connectivity index (χ2v) is 9.57. The topological polar surface area (TPSA) is 0 Å². The summed E-state index contributed by atoms with van der Waals surface area (Å²) in [5.41, 5.74) is 7.92. The van der Waals surface area contributed by atoms with Gasteiger partial charge in [0.05, 0.1) is 0 Å². The van der Waals surface area contributed by atoms with Gasteiger partial charge in [-0.05, 0) is 0 Å². The summed E-state index contributed by atoms with van der Waals surface area (Å²) in [7, 11) is 0. The first kappa shape index (κ1) is 21.4. The number of aryl methyl sites for hydroxylation is 2. The van der Waals surface area contributed by atoms with Crippen molar-refractivity contribution in [2.24, 2.45) is 0 Å². The number of halogens is 2. The number of hydrogen-bond acceptors (Lipinski definition) is 0. The zero-order valence-electron chi connectivity index (χ0n) is 15.6. The molecule has 25 heavy (non-hydrogen) atoms. The van der Waals surface area contributed by atoms with Crippen LogP contribution in [0.2, 0.25) is 10.0 Å². The molecule has 0 saturated carbocycles. The van der Waals surface area contributed by atoms with Crippen LogP contribution in [0, 0.1) is 0 Å². The van der Waals surface area contributed by atoms with Gasteiger partial charge < -0.3 is 0 Å². The van der Waals surface area contributed by atoms with Crippen LogP contribution in [0.15, 0.2) is 12.1 Å². The standard InChI is InChI=1S/C21H28As2Cl2/c1-5-12-9-14(20(24)16(7-3)18(12)22)11-15-10-13(6-2)19(23)17(8-4)21(15)25/h9-10H,5-8,11,22-23H2,1-4H3. The molecule has 0 N–H and O–H groups in total. The number of hydrogen-bond donors (Lipinski definition) is 0. The van der Waals surface area contributed by atoms with E-state index in [1.54, 1.807) is 33.7 Å². The fourth-order valence-electron chi connectivity index (χ4n) is 3.45. The van der Waals surface area contributed by atoms with Crippen molar-refractivity contribution in [3.63, 3.8) is 0 Å². The molecule has 4 heteroatoms. The molecule has 0 aliphatic rings. The SMILES string of the molecule is CCc1cc(Cc2cc(CC)c([AsH2])c(CC)c2Cl)c(Cl)c(CC)c1[AsH2]. The quantitative estimate of drug-likeness (QED) is 0.533. The van der Waals surface area contributed by atoms with Crippen molar-refractivity contribution < 1.29 is 0 Å². The molecule has 0 aliphatic heterocycles. The Labute approximate surface area is 180 Å². The van der Waals surface area contributed by atoms with Crippen LogP contribution in [0.3, 0.4) is 0 Å². The minimum absolute atomic E-state index is 0.818. The van der Waals surface area contributed by atoms with Crippen LogP contribution in [0.4, 0.5) is 0 Å². The zero-order valence-corrected chi connectivity index (χ0v) is 22.0. The van der Waals surface area contributed by atoms with Crippen LogP contribution >= 0.6 is 23.2 Å². The van der Waals surface area contributed by atoms with Gasteiger partial charge in [-0.25, -0.2) is 0 Å². The molecule has 2 unspecified atom stereocenters. The van der Waals surface area contributed by atoms with Gasteiger partial charge in [-0.15, -0.1) is 0 Å². The molecule has 2 aromatic carbocycles. The fraction of sp³-hybridized carbons (Fsp3) is 0.429. The van der Waals surface area contributed by atoms with Gasteiger partial charge in [-0.1, -0.05) is 0 Å². The van der Waals surface area contributed by atoms with Crippen molar-refractivity contribution in [1.82, 2.24) is 0 Å². The molecule has 2 aromatic rings. The Morgan fingerprint density at radius 1 is 0.640 bits per heavy atom. The van der Waals surface area contributed by atoms with Crippen molar-refractivity contribution in [2.75, 3.05) is 0 Å². The summed E-state index contributed by atoms with van der Waals surface area (Å²) < 4.78 is 2.82. The first-order valence-electron chi connectivity index (χ1n) is 9.06. The van der Waals surface area contributed by atoms with E-state index < -0.39 is 0 Å². The van der Waals surface area contributed by atoms with Gasteiger partial charge in [0.15, 0.2) is 0 Å². The molecule has 0 bridgehead atoms. The Kier molecular flexibility index (Phi) is 8.03. The van der Waals surface area contributed by atoms with Crippen molar-refractivity contribution >= 4 is 65.6 Å². The van der Waals surface area contributed by atoms with Crippen LogP contribution in [0.25, 0.3) is 0 Å². The maximum absolute atomic E-state index is 6.79. The Balaban J connectivity index is 2.61. The van der Waals surface area contributed by atoms with Crippen LogP contribution in [-0.4, -0.2) is 33.7 Å². The van der Waals surface area contributed by atoms with E-state index >= 15 is 0 Å². The molecule has 0 amide bonds. The molecule has 2 rings (SSSR count). The Hall–Kier alpha value is 0.137. The molecular weight excluding hydrogens is 473 g/mol. The summed E-state index contributed by atoms with van der Waals surface area (Å²) in [4.78, 5) is 0. The van der Waals surface area contributed by atoms with Gasteiger partial charge in [0.2, 0.25) is 0 Å². The number of rotatable bonds is 6. The maximum atomic E-state index is 6.79. The second-order valence-electron chi connectivity index (χ2n) is 6.39. The Morgan fingerprint density at radius 2 is 1.00 bits per heavy atom. The first-order chi connectivity index (χ1) is 11.9. The van der Waals surface area contributed by atoms with Gasteiger partial charge in [0.25, 0.3) is 0 Å². The van der Waals surface area contributed by atoms with E-state index in [0.717, 1.165) is 42.1 Å². The zero-order chi connectivity index (χ0) is 18.7. The van der Waals surface area contributed by atoms with E-state index in [4.69, 9.17) is 23.2 Å². The van der Waals surface area contributed by atoms with Crippen LogP contribution in [0.5, 0.6) is 0 Å². The van der Waals surface area contributed by atoms with Crippen molar-refractivity contribution in [3.05, 3.63) is 55.6 Å². The molecule has 0 aromatic heterocycles. The fourth-order valence-corrected chi connectivity index (χ4v) is 7.22. The van der Waals surface area contributed by atoms with Crippen LogP contribution in [-0.2, 0) is 32.1 Å². The third kappa shape index (κ3) is 4.35. The Bertz CT molecular complexity index is 717. The summed E-state index contributed by atoms with van der Waals surface area (Å²) >= 11 is 16.9. The third-order valence-corrected chi connectivity index (χ3v) is 8.94. The molecule has 0 saturated heterocycles. The summed E-state index contributed by atoms with van der Waals surface area (Å²) in [5.74, 6) is 0. The third-order valence-electron chi connectivity index (χ3n) is 4.98. The Morgan fingerprint density at radius 3 is 1.28 bits per heavy atom. The van der Waals surface area contributed by atoms with E-state index in [0.29, 0.717) is 0 Å². The van der Waals surface area contributed by atoms with E-state index in [2.05, 4.69) is 39.8 Å². The van der Waals surface area contributed by atoms with Gasteiger partial charge in [-0.3, -0.25) is 0 Å². The van der Waals surface area contributed by atoms with Crippen molar-refractivity contribution in [2.45, 2.75) is 59.8 Å². The van der Waals surface area contributed by atoms with E-state index in [9.17, 15) is 0 Å². The van der Waals surface area contributed by atoms with Gasteiger partial charge in [0, 0.05) is 0 Å². The molecule has 0 spiro atoms. The van der Waals surface area contributed by atoms with Crippen LogP contribution in [0.1, 0.15) is 61.1 Å². The summed E-state index contributed by atoms with van der Waals surface area (Å²) in [6.07, 6.45) is 4.89. The predicted octanol–water partition coefficient (Wildman–Crippen LogP) is 3.35. The normalized spacial score (nSPS) is 11.2. The molecule has 0 fully saturated rings. The van der Waals surface area contributed by atoms with Gasteiger partial charge >= 0.3 is 181 Å². The molecule has 0 nitrogen and oxygen atoms in total. The van der Waals surface area contributed by atoms with Crippen molar-refractivity contribution in [1.29, 1.82) is 0 Å². The summed E-state index contributed by atoms with van der Waals surface area (Å²) in [6, 6.07) is 4.60. The van der Waals surface area contributed by atoms with Crippen molar-refractivity contribution in [3.8, 4) is 0 Å². The first-order valence-corrected chi connectivity index (χ1v) is 12.2. The molecule has 2 atom stereocenters. The van der Waals surface area contributed by atoms with Gasteiger partial charge in [-0.2, -0.15) is 0 Å². The van der Waals surface area contributed by atoms with E-state index in [1.807, 2.05) is 0 Å². The summed E-state index contributed by atoms with van der Waals surface area (Å²) in [6.45, 7) is 8.83. The van der Waals surface area contributed by atoms with E-state index in [-0.39, 0.29) is 0 Å². The second kappa shape index (κ2) is 9.37. The average Bonchev–Trinajstić information content (AvgIpc) is 2.60. The molecule has 0 radical (unpaired) electrons. The minimum atomic E-state index is 0.818. The molecule has 0 aliphatic carbocycles. The molecule has 0 heterocycles. The molecule has 136 valence electrons.